The van der Waals surface area contributed by atoms with Gasteiger partial charge < -0.3 is 14.2 Å². The average Bonchev–Trinajstić information content (AvgIpc) is 3.13. The molecule has 1 saturated heterocycles. The van der Waals surface area contributed by atoms with Crippen molar-refractivity contribution in [2.24, 2.45) is 28.6 Å². The van der Waals surface area contributed by atoms with Gasteiger partial charge in [-0.05, 0) is 56.4 Å². The van der Waals surface area contributed by atoms with Gasteiger partial charge in [0.1, 0.15) is 16.6 Å². The Morgan fingerprint density at radius 3 is 2.52 bits per heavy atom. The van der Waals surface area contributed by atoms with Crippen LogP contribution in [0, 0.1) is 28.6 Å². The van der Waals surface area contributed by atoms with Crippen molar-refractivity contribution in [3.05, 3.63) is 12.2 Å². The maximum Gasteiger partial charge on any atom is 0.315 e. The molecule has 1 spiro atoms. The van der Waals surface area contributed by atoms with E-state index in [9.17, 15) is 22.8 Å². The predicted molar refractivity (Wildman–Crippen MR) is 113 cm³/mol. The summed E-state index contributed by atoms with van der Waals surface area (Å²) in [5, 5.41) is 0. The second kappa shape index (κ2) is 6.59. The molecule has 0 unspecified atom stereocenters. The first kappa shape index (κ1) is 22.8. The van der Waals surface area contributed by atoms with Gasteiger partial charge >= 0.3 is 17.9 Å². The highest BCUT2D eigenvalue weighted by molar-refractivity contribution is 7.86. The van der Waals surface area contributed by atoms with Crippen molar-refractivity contribution in [2.45, 2.75) is 69.7 Å². The Morgan fingerprint density at radius 2 is 1.91 bits per heavy atom. The van der Waals surface area contributed by atoms with E-state index >= 15 is 0 Å². The molecule has 10 heteroatoms. The predicted octanol–water partition coefficient (Wildman–Crippen LogP) is 1.89. The van der Waals surface area contributed by atoms with Crippen molar-refractivity contribution in [3.8, 4) is 0 Å². The van der Waals surface area contributed by atoms with Gasteiger partial charge in [-0.25, -0.2) is 0 Å². The molecule has 4 aliphatic carbocycles. The standard InChI is InChI=1S/C23H30O9S/c1-12-10-21-11-22(12,30-13(2)24)8-6-14(21)23-9-7-15(32-33(5,27)28)20(3,19(26)31-23)17(23)16(21)18(25)29-4/h14-17H,1,6-11H2,2-5H3/t14-,15-,16-,17-,20-,21+,22+,23-/m1/s1. The van der Waals surface area contributed by atoms with Gasteiger partial charge in [0, 0.05) is 18.8 Å². The highest BCUT2D eigenvalue weighted by Gasteiger charge is 2.85. The molecule has 9 nitrogen and oxygen atoms in total. The Morgan fingerprint density at radius 1 is 1.21 bits per heavy atom. The van der Waals surface area contributed by atoms with E-state index in [1.807, 2.05) is 0 Å². The molecule has 33 heavy (non-hydrogen) atoms. The number of carbonyl (C=O) groups is 3. The fraction of sp³-hybridized carbons (Fsp3) is 0.783. The summed E-state index contributed by atoms with van der Waals surface area (Å²) in [6, 6.07) is 0. The number of esters is 3. The number of fused-ring (bicyclic) bond motifs is 1. The number of ether oxygens (including phenoxy) is 3. The van der Waals surface area contributed by atoms with E-state index < -0.39 is 68.0 Å². The number of hydrogen-bond acceptors (Lipinski definition) is 9. The molecule has 0 radical (unpaired) electrons. The van der Waals surface area contributed by atoms with Crippen LogP contribution in [0.25, 0.3) is 0 Å². The summed E-state index contributed by atoms with van der Waals surface area (Å²) in [5.74, 6) is -2.93. The van der Waals surface area contributed by atoms with Gasteiger partial charge in [-0.15, -0.1) is 0 Å². The van der Waals surface area contributed by atoms with Gasteiger partial charge in [0.2, 0.25) is 0 Å². The van der Waals surface area contributed by atoms with Crippen molar-refractivity contribution in [2.75, 3.05) is 13.4 Å². The van der Waals surface area contributed by atoms with Crippen LogP contribution in [0.15, 0.2) is 12.2 Å². The van der Waals surface area contributed by atoms with E-state index in [-0.39, 0.29) is 5.92 Å². The SMILES string of the molecule is C=C1C[C@]23C[C@@]1(OC(C)=O)CC[C@H]2[C@@]12CC[C@@H](OS(C)(=O)=O)[C@@](C)(C(=O)O1)[C@H]2[C@@H]3C(=O)OC. The third kappa shape index (κ3) is 2.68. The largest absolute Gasteiger partial charge is 0.469 e. The fourth-order valence-electron chi connectivity index (χ4n) is 8.51. The number of carbonyl (C=O) groups excluding carboxylic acids is 3. The minimum absolute atomic E-state index is 0.160. The van der Waals surface area contributed by atoms with E-state index in [2.05, 4.69) is 6.58 Å². The molecule has 1 aliphatic heterocycles. The van der Waals surface area contributed by atoms with Gasteiger partial charge in [-0.1, -0.05) is 6.58 Å². The maximum atomic E-state index is 13.4. The molecule has 8 atom stereocenters. The second-order valence-electron chi connectivity index (χ2n) is 10.8. The van der Waals surface area contributed by atoms with E-state index in [4.69, 9.17) is 18.4 Å². The zero-order valence-electron chi connectivity index (χ0n) is 19.3. The lowest BCUT2D eigenvalue weighted by atomic mass is 9.59. The molecular formula is C23H30O9S. The van der Waals surface area contributed by atoms with Gasteiger partial charge in [0.15, 0.2) is 0 Å². The van der Waals surface area contributed by atoms with Crippen LogP contribution in [0.5, 0.6) is 0 Å². The Kier molecular flexibility index (Phi) is 4.56. The van der Waals surface area contributed by atoms with Gasteiger partial charge in [-0.2, -0.15) is 8.42 Å². The highest BCUT2D eigenvalue weighted by atomic mass is 32.2. The molecule has 0 aromatic heterocycles. The molecule has 182 valence electrons. The van der Waals surface area contributed by atoms with Gasteiger partial charge in [0.25, 0.3) is 10.1 Å². The molecule has 5 rings (SSSR count). The average molecular weight is 483 g/mol. The molecule has 0 aromatic carbocycles. The molecule has 4 bridgehead atoms. The monoisotopic (exact) mass is 482 g/mol. The summed E-state index contributed by atoms with van der Waals surface area (Å²) in [6.45, 7) is 7.25. The number of rotatable bonds is 4. The Bertz CT molecular complexity index is 1080. The quantitative estimate of drug-likeness (QED) is 0.256. The molecule has 4 saturated carbocycles. The van der Waals surface area contributed by atoms with Crippen LogP contribution in [0.3, 0.4) is 0 Å². The highest BCUT2D eigenvalue weighted by Crippen LogP contribution is 2.79. The van der Waals surface area contributed by atoms with Crippen LogP contribution in [-0.4, -0.2) is 57.0 Å². The summed E-state index contributed by atoms with van der Waals surface area (Å²) in [6.07, 6.45) is 2.73. The molecule has 0 aromatic rings. The third-order valence-corrected chi connectivity index (χ3v) is 9.90. The van der Waals surface area contributed by atoms with E-state index in [1.165, 1.54) is 14.0 Å². The summed E-state index contributed by atoms with van der Waals surface area (Å²) in [5.41, 5.74) is -3.01. The van der Waals surface area contributed by atoms with E-state index in [1.54, 1.807) is 6.92 Å². The summed E-state index contributed by atoms with van der Waals surface area (Å²) in [4.78, 5) is 38.7. The second-order valence-corrected chi connectivity index (χ2v) is 12.4. The first-order valence-electron chi connectivity index (χ1n) is 11.3. The van der Waals surface area contributed by atoms with Crippen molar-refractivity contribution in [3.63, 3.8) is 0 Å². The van der Waals surface area contributed by atoms with Crippen LogP contribution in [0.4, 0.5) is 0 Å². The molecule has 5 fully saturated rings. The normalized spacial score (nSPS) is 47.5. The Balaban J connectivity index is 1.68. The fourth-order valence-corrected chi connectivity index (χ4v) is 9.23. The van der Waals surface area contributed by atoms with Crippen molar-refractivity contribution < 1.29 is 41.2 Å². The topological polar surface area (TPSA) is 122 Å². The summed E-state index contributed by atoms with van der Waals surface area (Å²) >= 11 is 0. The minimum Gasteiger partial charge on any atom is -0.469 e. The van der Waals surface area contributed by atoms with Crippen LogP contribution in [0.1, 0.15) is 52.4 Å². The van der Waals surface area contributed by atoms with Crippen LogP contribution in [0.2, 0.25) is 0 Å². The summed E-state index contributed by atoms with van der Waals surface area (Å²) in [7, 11) is -2.54. The van der Waals surface area contributed by atoms with Crippen molar-refractivity contribution in [1.29, 1.82) is 0 Å². The molecule has 0 amide bonds. The molecule has 5 aliphatic rings. The van der Waals surface area contributed by atoms with Crippen LogP contribution < -0.4 is 0 Å². The Labute approximate surface area is 193 Å². The first-order chi connectivity index (χ1) is 15.3. The lowest BCUT2D eigenvalue weighted by molar-refractivity contribution is -0.169. The zero-order chi connectivity index (χ0) is 24.2. The van der Waals surface area contributed by atoms with E-state index in [0.29, 0.717) is 38.5 Å². The molecular weight excluding hydrogens is 452 g/mol. The molecule has 1 heterocycles. The number of methoxy groups -OCH3 is 1. The van der Waals surface area contributed by atoms with Crippen LogP contribution >= 0.6 is 0 Å². The lowest BCUT2D eigenvalue weighted by Gasteiger charge is -2.46. The smallest absolute Gasteiger partial charge is 0.315 e. The maximum absolute atomic E-state index is 13.4. The number of hydrogen-bond donors (Lipinski definition) is 0. The zero-order valence-corrected chi connectivity index (χ0v) is 20.2. The lowest BCUT2D eigenvalue weighted by Crippen LogP contribution is -2.54. The first-order valence-corrected chi connectivity index (χ1v) is 13.1. The van der Waals surface area contributed by atoms with Crippen molar-refractivity contribution in [1.82, 2.24) is 0 Å². The molecule has 0 N–H and O–H groups in total. The van der Waals surface area contributed by atoms with E-state index in [0.717, 1.165) is 11.8 Å². The minimum atomic E-state index is -3.85. The van der Waals surface area contributed by atoms with Crippen molar-refractivity contribution >= 4 is 28.0 Å². The summed E-state index contributed by atoms with van der Waals surface area (Å²) < 4.78 is 46.7. The Hall–Kier alpha value is -1.94. The van der Waals surface area contributed by atoms with Crippen LogP contribution in [-0.2, 0) is 42.9 Å². The van der Waals surface area contributed by atoms with Gasteiger partial charge in [-0.3, -0.25) is 18.6 Å². The van der Waals surface area contributed by atoms with Gasteiger partial charge in [0.05, 0.1) is 25.4 Å². The third-order valence-electron chi connectivity index (χ3n) is 9.32.